The number of hydrogen-bond acceptors (Lipinski definition) is 3. The number of aliphatic carboxylic acids is 1. The first kappa shape index (κ1) is 21.4. The van der Waals surface area contributed by atoms with Gasteiger partial charge in [-0.25, -0.2) is 0 Å². The number of rotatable bonds is 9. The summed E-state index contributed by atoms with van der Waals surface area (Å²) in [5.41, 5.74) is 1.15. The van der Waals surface area contributed by atoms with E-state index in [1.165, 1.54) is 12.8 Å². The van der Waals surface area contributed by atoms with E-state index in [0.29, 0.717) is 46.7 Å². The minimum absolute atomic E-state index is 0.131. The van der Waals surface area contributed by atoms with Crippen molar-refractivity contribution in [1.82, 2.24) is 0 Å². The Morgan fingerprint density at radius 1 is 1.18 bits per heavy atom. The maximum absolute atomic E-state index is 13.2. The molecule has 0 aliphatic heterocycles. The lowest BCUT2D eigenvalue weighted by molar-refractivity contribution is -0.137. The van der Waals surface area contributed by atoms with Crippen LogP contribution in [0.2, 0.25) is 10.0 Å². The molecule has 0 aromatic heterocycles. The zero-order chi connectivity index (χ0) is 20.3. The fourth-order valence-electron chi connectivity index (χ4n) is 4.71. The van der Waals surface area contributed by atoms with Gasteiger partial charge in [0.15, 0.2) is 5.78 Å². The highest BCUT2D eigenvalue weighted by Gasteiger charge is 2.49. The minimum Gasteiger partial charge on any atom is -0.492 e. The second-order valence-electron chi connectivity index (χ2n) is 8.35. The number of carboxylic acid groups (broad SMARTS) is 1. The highest BCUT2D eigenvalue weighted by atomic mass is 35.5. The molecule has 154 valence electrons. The number of ketones is 1. The third-order valence-corrected chi connectivity index (χ3v) is 7.21. The van der Waals surface area contributed by atoms with E-state index >= 15 is 0 Å². The topological polar surface area (TPSA) is 63.6 Å². The van der Waals surface area contributed by atoms with Crippen molar-refractivity contribution in [3.05, 3.63) is 27.2 Å². The summed E-state index contributed by atoms with van der Waals surface area (Å²) in [7, 11) is 0. The van der Waals surface area contributed by atoms with Crippen LogP contribution in [0.25, 0.3) is 0 Å². The van der Waals surface area contributed by atoms with Crippen molar-refractivity contribution >= 4 is 35.0 Å². The number of carbonyl (C=O) groups excluding carboxylic acids is 1. The summed E-state index contributed by atoms with van der Waals surface area (Å²) in [6.45, 7) is 2.57. The van der Waals surface area contributed by atoms with Crippen LogP contribution in [0.4, 0.5) is 0 Å². The van der Waals surface area contributed by atoms with Crippen LogP contribution in [0.1, 0.15) is 80.6 Å². The van der Waals surface area contributed by atoms with E-state index in [1.54, 1.807) is 0 Å². The Bertz CT molecular complexity index is 755. The van der Waals surface area contributed by atoms with Crippen molar-refractivity contribution < 1.29 is 19.4 Å². The van der Waals surface area contributed by atoms with Crippen LogP contribution < -0.4 is 4.74 Å². The van der Waals surface area contributed by atoms with E-state index < -0.39 is 5.97 Å². The maximum atomic E-state index is 13.2. The molecule has 1 atom stereocenters. The number of ether oxygens (including phenoxy) is 1. The van der Waals surface area contributed by atoms with Crippen molar-refractivity contribution in [3.63, 3.8) is 0 Å². The number of benzene rings is 1. The first-order chi connectivity index (χ1) is 13.3. The van der Waals surface area contributed by atoms with Gasteiger partial charge in [-0.1, -0.05) is 55.8 Å². The molecule has 1 aromatic carbocycles. The second-order valence-corrected chi connectivity index (χ2v) is 9.10. The number of Topliss-reactive ketones (excluding diaryl/α,β-unsaturated/α-hetero) is 1. The SMILES string of the molecule is CC1(C2CCCC2)Cc2cc(OCCCCCCC(=O)O)c(Cl)c(Cl)c2C1=O. The monoisotopic (exact) mass is 426 g/mol. The number of fused-ring (bicyclic) bond motifs is 1. The lowest BCUT2D eigenvalue weighted by atomic mass is 9.73. The normalized spacial score (nSPS) is 21.9. The molecule has 0 saturated heterocycles. The Labute approximate surface area is 176 Å². The van der Waals surface area contributed by atoms with Crippen LogP contribution in [0.5, 0.6) is 5.75 Å². The van der Waals surface area contributed by atoms with Gasteiger partial charge in [0.1, 0.15) is 10.8 Å². The molecule has 2 aliphatic rings. The van der Waals surface area contributed by atoms with E-state index in [9.17, 15) is 9.59 Å². The first-order valence-corrected chi connectivity index (χ1v) is 11.0. The Morgan fingerprint density at radius 2 is 1.86 bits per heavy atom. The smallest absolute Gasteiger partial charge is 0.303 e. The fourth-order valence-corrected chi connectivity index (χ4v) is 5.21. The fraction of sp³-hybridized carbons (Fsp3) is 0.636. The highest BCUT2D eigenvalue weighted by Crippen LogP contribution is 2.52. The molecule has 6 heteroatoms. The van der Waals surface area contributed by atoms with Crippen LogP contribution in [0.15, 0.2) is 6.07 Å². The highest BCUT2D eigenvalue weighted by molar-refractivity contribution is 6.45. The average Bonchev–Trinajstić information content (AvgIpc) is 3.26. The summed E-state index contributed by atoms with van der Waals surface area (Å²) in [4.78, 5) is 23.7. The summed E-state index contributed by atoms with van der Waals surface area (Å²) in [6, 6.07) is 1.89. The van der Waals surface area contributed by atoms with Crippen molar-refractivity contribution in [2.24, 2.45) is 11.3 Å². The molecule has 2 aliphatic carbocycles. The third kappa shape index (κ3) is 4.33. The molecule has 1 N–H and O–H groups in total. The zero-order valence-corrected chi connectivity index (χ0v) is 17.9. The van der Waals surface area contributed by atoms with Gasteiger partial charge in [0.2, 0.25) is 0 Å². The van der Waals surface area contributed by atoms with Crippen molar-refractivity contribution in [2.75, 3.05) is 6.61 Å². The molecule has 28 heavy (non-hydrogen) atoms. The average molecular weight is 427 g/mol. The lowest BCUT2D eigenvalue weighted by Crippen LogP contribution is -2.32. The molecule has 3 rings (SSSR count). The van der Waals surface area contributed by atoms with Crippen molar-refractivity contribution in [2.45, 2.75) is 71.1 Å². The number of hydrogen-bond donors (Lipinski definition) is 1. The molecule has 1 unspecified atom stereocenters. The predicted octanol–water partition coefficient (Wildman–Crippen LogP) is 6.34. The Hall–Kier alpha value is -1.26. The summed E-state index contributed by atoms with van der Waals surface area (Å²) in [5.74, 6) is 0.332. The third-order valence-electron chi connectivity index (χ3n) is 6.36. The molecule has 0 bridgehead atoms. The van der Waals surface area contributed by atoms with Gasteiger partial charge in [-0.15, -0.1) is 0 Å². The molecular formula is C22H28Cl2O4. The van der Waals surface area contributed by atoms with Gasteiger partial charge < -0.3 is 9.84 Å². The van der Waals surface area contributed by atoms with Crippen LogP contribution in [-0.2, 0) is 11.2 Å². The van der Waals surface area contributed by atoms with Gasteiger partial charge in [0.05, 0.1) is 11.6 Å². The van der Waals surface area contributed by atoms with E-state index in [-0.39, 0.29) is 17.6 Å². The number of halogens is 2. The molecular weight excluding hydrogens is 399 g/mol. The number of unbranched alkanes of at least 4 members (excludes halogenated alkanes) is 3. The summed E-state index contributed by atoms with van der Waals surface area (Å²) >= 11 is 12.9. The Balaban J connectivity index is 1.63. The molecule has 0 spiro atoms. The largest absolute Gasteiger partial charge is 0.492 e. The number of carbonyl (C=O) groups is 2. The van der Waals surface area contributed by atoms with E-state index in [0.717, 1.165) is 37.7 Å². The Morgan fingerprint density at radius 3 is 2.54 bits per heavy atom. The van der Waals surface area contributed by atoms with Crippen LogP contribution >= 0.6 is 23.2 Å². The minimum atomic E-state index is -0.755. The van der Waals surface area contributed by atoms with Crippen molar-refractivity contribution in [1.29, 1.82) is 0 Å². The molecule has 1 saturated carbocycles. The van der Waals surface area contributed by atoms with Crippen LogP contribution in [0.3, 0.4) is 0 Å². The molecule has 1 aromatic rings. The molecule has 4 nitrogen and oxygen atoms in total. The van der Waals surface area contributed by atoms with Crippen molar-refractivity contribution in [3.8, 4) is 5.75 Å². The maximum Gasteiger partial charge on any atom is 0.303 e. The van der Waals surface area contributed by atoms with Gasteiger partial charge in [0, 0.05) is 17.4 Å². The quantitative estimate of drug-likeness (QED) is 0.467. The standard InChI is InChI=1S/C22H28Cl2O4/c1-22(15-8-5-6-9-15)13-14-12-16(19(23)20(24)18(14)21(22)27)28-11-7-3-2-4-10-17(25)26/h12,15H,2-11,13H2,1H3,(H,25,26). The van der Waals surface area contributed by atoms with Gasteiger partial charge in [-0.05, 0) is 49.7 Å². The predicted molar refractivity (Wildman–Crippen MR) is 111 cm³/mol. The zero-order valence-electron chi connectivity index (χ0n) is 16.4. The lowest BCUT2D eigenvalue weighted by Gasteiger charge is -2.29. The number of carboxylic acids is 1. The van der Waals surface area contributed by atoms with Gasteiger partial charge in [-0.3, -0.25) is 9.59 Å². The first-order valence-electron chi connectivity index (χ1n) is 10.2. The van der Waals surface area contributed by atoms with E-state index in [4.69, 9.17) is 33.0 Å². The summed E-state index contributed by atoms with van der Waals surface area (Å²) in [6.07, 6.45) is 8.78. The van der Waals surface area contributed by atoms with Gasteiger partial charge >= 0.3 is 5.97 Å². The van der Waals surface area contributed by atoms with Gasteiger partial charge in [-0.2, -0.15) is 0 Å². The second kappa shape index (κ2) is 9.04. The molecule has 0 amide bonds. The van der Waals surface area contributed by atoms with E-state index in [1.807, 2.05) is 6.07 Å². The summed E-state index contributed by atoms with van der Waals surface area (Å²) < 4.78 is 5.86. The molecule has 1 fully saturated rings. The van der Waals surface area contributed by atoms with Gasteiger partial charge in [0.25, 0.3) is 0 Å². The van der Waals surface area contributed by atoms with Crippen LogP contribution in [-0.4, -0.2) is 23.5 Å². The summed E-state index contributed by atoms with van der Waals surface area (Å²) in [5, 5.41) is 9.28. The van der Waals surface area contributed by atoms with E-state index in [2.05, 4.69) is 6.92 Å². The molecule has 0 radical (unpaired) electrons. The van der Waals surface area contributed by atoms with Crippen LogP contribution in [0, 0.1) is 11.3 Å². The molecule has 0 heterocycles. The Kier molecular flexibility index (Phi) is 6.93.